The molecule has 0 fully saturated rings. The van der Waals surface area contributed by atoms with Crippen molar-refractivity contribution < 1.29 is 9.53 Å². The van der Waals surface area contributed by atoms with Crippen molar-refractivity contribution in [3.63, 3.8) is 0 Å². The van der Waals surface area contributed by atoms with Gasteiger partial charge in [0.25, 0.3) is 5.91 Å². The highest BCUT2D eigenvalue weighted by atomic mass is 16.5. The molecule has 1 atom stereocenters. The third-order valence-corrected chi connectivity index (χ3v) is 3.29. The van der Waals surface area contributed by atoms with Gasteiger partial charge in [0.1, 0.15) is 0 Å². The normalized spacial score (nSPS) is 12.2. The Morgan fingerprint density at radius 2 is 2.05 bits per heavy atom. The summed E-state index contributed by atoms with van der Waals surface area (Å²) in [6, 6.07) is 15.0. The van der Waals surface area contributed by atoms with Crippen molar-refractivity contribution in [2.75, 3.05) is 12.4 Å². The molecule has 0 bridgehead atoms. The average Bonchev–Trinajstić information content (AvgIpc) is 2.96. The van der Waals surface area contributed by atoms with E-state index < -0.39 is 6.10 Å². The number of anilines is 1. The van der Waals surface area contributed by atoms with Gasteiger partial charge >= 0.3 is 0 Å². The Hall–Kier alpha value is -2.66. The predicted octanol–water partition coefficient (Wildman–Crippen LogP) is 2.89. The lowest BCUT2D eigenvalue weighted by Crippen LogP contribution is -2.22. The largest absolute Gasteiger partial charge is 0.367 e. The molecule has 0 radical (unpaired) electrons. The molecule has 5 nitrogen and oxygen atoms in total. The summed E-state index contributed by atoms with van der Waals surface area (Å²) in [5, 5.41) is 10.7. The lowest BCUT2D eigenvalue weighted by atomic mass is 10.1. The fourth-order valence-electron chi connectivity index (χ4n) is 2.24. The molecule has 3 aromatic rings. The summed E-state index contributed by atoms with van der Waals surface area (Å²) in [4.78, 5) is 12.4. The standard InChI is InChI=1S/C16H15N3O2/c1-21-15(11-5-3-2-4-6-11)16(20)18-13-8-7-12-10-17-19-14(12)9-13/h2-10,15H,1H3,(H,17,19)(H,18,20). The molecule has 1 amide bonds. The number of ether oxygens (including phenoxy) is 1. The van der Waals surface area contributed by atoms with Gasteiger partial charge in [0.05, 0.1) is 11.7 Å². The molecule has 1 unspecified atom stereocenters. The fourth-order valence-corrected chi connectivity index (χ4v) is 2.24. The lowest BCUT2D eigenvalue weighted by molar-refractivity contribution is -0.126. The van der Waals surface area contributed by atoms with Crippen LogP contribution >= 0.6 is 0 Å². The maximum absolute atomic E-state index is 12.4. The number of nitrogens with one attached hydrogen (secondary N) is 2. The minimum Gasteiger partial charge on any atom is -0.367 e. The zero-order valence-electron chi connectivity index (χ0n) is 11.5. The van der Waals surface area contributed by atoms with Gasteiger partial charge in [-0.2, -0.15) is 5.10 Å². The molecule has 1 heterocycles. The van der Waals surface area contributed by atoms with Gasteiger partial charge in [-0.25, -0.2) is 0 Å². The zero-order chi connectivity index (χ0) is 14.7. The Balaban J connectivity index is 1.81. The minimum absolute atomic E-state index is 0.206. The van der Waals surface area contributed by atoms with Gasteiger partial charge < -0.3 is 10.1 Å². The van der Waals surface area contributed by atoms with Crippen LogP contribution < -0.4 is 5.32 Å². The second-order valence-electron chi connectivity index (χ2n) is 4.69. The number of amides is 1. The number of rotatable bonds is 4. The number of hydrogen-bond donors (Lipinski definition) is 2. The average molecular weight is 281 g/mol. The highest BCUT2D eigenvalue weighted by Gasteiger charge is 2.19. The number of methoxy groups -OCH3 is 1. The molecule has 106 valence electrons. The van der Waals surface area contributed by atoms with Gasteiger partial charge in [0.15, 0.2) is 6.10 Å². The van der Waals surface area contributed by atoms with Crippen molar-refractivity contribution in [2.45, 2.75) is 6.10 Å². The van der Waals surface area contributed by atoms with E-state index in [4.69, 9.17) is 4.74 Å². The monoisotopic (exact) mass is 281 g/mol. The molecule has 5 heteroatoms. The summed E-state index contributed by atoms with van der Waals surface area (Å²) < 4.78 is 5.31. The van der Waals surface area contributed by atoms with Crippen molar-refractivity contribution in [2.24, 2.45) is 0 Å². The number of hydrogen-bond acceptors (Lipinski definition) is 3. The summed E-state index contributed by atoms with van der Waals surface area (Å²) >= 11 is 0. The predicted molar refractivity (Wildman–Crippen MR) is 80.9 cm³/mol. The minimum atomic E-state index is -0.635. The summed E-state index contributed by atoms with van der Waals surface area (Å²) in [5.41, 5.74) is 2.40. The van der Waals surface area contributed by atoms with E-state index in [1.807, 2.05) is 48.5 Å². The summed E-state index contributed by atoms with van der Waals surface area (Å²) in [6.07, 6.45) is 1.10. The summed E-state index contributed by atoms with van der Waals surface area (Å²) in [6.45, 7) is 0. The maximum atomic E-state index is 12.4. The van der Waals surface area contributed by atoms with E-state index in [9.17, 15) is 4.79 Å². The molecule has 2 aromatic carbocycles. The van der Waals surface area contributed by atoms with Crippen LogP contribution in [0.5, 0.6) is 0 Å². The highest BCUT2D eigenvalue weighted by Crippen LogP contribution is 2.21. The third-order valence-electron chi connectivity index (χ3n) is 3.29. The Kier molecular flexibility index (Phi) is 3.66. The van der Waals surface area contributed by atoms with E-state index in [0.717, 1.165) is 16.5 Å². The number of fused-ring (bicyclic) bond motifs is 1. The molecule has 0 spiro atoms. The lowest BCUT2D eigenvalue weighted by Gasteiger charge is -2.15. The van der Waals surface area contributed by atoms with Crippen molar-refractivity contribution >= 4 is 22.5 Å². The molecule has 0 saturated carbocycles. The Bertz CT molecular complexity index is 752. The number of carbonyl (C=O) groups is 1. The zero-order valence-corrected chi connectivity index (χ0v) is 11.5. The van der Waals surface area contributed by atoms with E-state index in [1.54, 1.807) is 6.20 Å². The van der Waals surface area contributed by atoms with Crippen LogP contribution in [-0.4, -0.2) is 23.2 Å². The first-order chi connectivity index (χ1) is 10.3. The number of aromatic amines is 1. The first kappa shape index (κ1) is 13.3. The van der Waals surface area contributed by atoms with Crippen LogP contribution in [0.4, 0.5) is 5.69 Å². The number of H-pyrrole nitrogens is 1. The molecule has 0 saturated heterocycles. The van der Waals surface area contributed by atoms with E-state index in [2.05, 4.69) is 15.5 Å². The van der Waals surface area contributed by atoms with Crippen LogP contribution in [0.15, 0.2) is 54.7 Å². The first-order valence-corrected chi connectivity index (χ1v) is 6.59. The molecule has 0 aliphatic heterocycles. The number of benzene rings is 2. The Morgan fingerprint density at radius 3 is 2.81 bits per heavy atom. The molecule has 1 aromatic heterocycles. The van der Waals surface area contributed by atoms with Gasteiger partial charge in [-0.05, 0) is 23.8 Å². The fraction of sp³-hybridized carbons (Fsp3) is 0.125. The van der Waals surface area contributed by atoms with E-state index in [0.29, 0.717) is 5.69 Å². The van der Waals surface area contributed by atoms with Crippen molar-refractivity contribution in [1.29, 1.82) is 0 Å². The summed E-state index contributed by atoms with van der Waals surface area (Å²) in [7, 11) is 1.52. The van der Waals surface area contributed by atoms with Gasteiger partial charge in [-0.15, -0.1) is 0 Å². The summed E-state index contributed by atoms with van der Waals surface area (Å²) in [5.74, 6) is -0.206. The van der Waals surface area contributed by atoms with Crippen LogP contribution in [0.1, 0.15) is 11.7 Å². The van der Waals surface area contributed by atoms with Crippen LogP contribution in [-0.2, 0) is 9.53 Å². The smallest absolute Gasteiger partial charge is 0.258 e. The Labute approximate surface area is 121 Å². The first-order valence-electron chi connectivity index (χ1n) is 6.59. The second kappa shape index (κ2) is 5.76. The molecular weight excluding hydrogens is 266 g/mol. The highest BCUT2D eigenvalue weighted by molar-refractivity contribution is 5.96. The maximum Gasteiger partial charge on any atom is 0.258 e. The van der Waals surface area contributed by atoms with E-state index >= 15 is 0 Å². The van der Waals surface area contributed by atoms with Crippen LogP contribution in [0.25, 0.3) is 10.9 Å². The second-order valence-corrected chi connectivity index (χ2v) is 4.69. The van der Waals surface area contributed by atoms with Gasteiger partial charge in [0, 0.05) is 18.2 Å². The number of carbonyl (C=O) groups excluding carboxylic acids is 1. The van der Waals surface area contributed by atoms with Crippen molar-refractivity contribution in [3.05, 3.63) is 60.3 Å². The van der Waals surface area contributed by atoms with Crippen molar-refractivity contribution in [1.82, 2.24) is 10.2 Å². The topological polar surface area (TPSA) is 67.0 Å². The van der Waals surface area contributed by atoms with Crippen LogP contribution in [0.3, 0.4) is 0 Å². The third kappa shape index (κ3) is 2.78. The van der Waals surface area contributed by atoms with Gasteiger partial charge in [-0.3, -0.25) is 9.89 Å². The molecule has 3 rings (SSSR count). The van der Waals surface area contributed by atoms with Gasteiger partial charge in [-0.1, -0.05) is 30.3 Å². The molecule has 0 aliphatic carbocycles. The quantitative estimate of drug-likeness (QED) is 0.772. The van der Waals surface area contributed by atoms with Crippen molar-refractivity contribution in [3.8, 4) is 0 Å². The number of nitrogens with zero attached hydrogens (tertiary/aromatic N) is 1. The molecule has 21 heavy (non-hydrogen) atoms. The Morgan fingerprint density at radius 1 is 1.24 bits per heavy atom. The van der Waals surface area contributed by atoms with Gasteiger partial charge in [0.2, 0.25) is 0 Å². The molecular formula is C16H15N3O2. The molecule has 2 N–H and O–H groups in total. The number of aromatic nitrogens is 2. The molecule has 0 aliphatic rings. The van der Waals surface area contributed by atoms with E-state index in [1.165, 1.54) is 7.11 Å². The van der Waals surface area contributed by atoms with E-state index in [-0.39, 0.29) is 5.91 Å². The van der Waals surface area contributed by atoms with Crippen LogP contribution in [0, 0.1) is 0 Å². The van der Waals surface area contributed by atoms with Crippen LogP contribution in [0.2, 0.25) is 0 Å². The SMILES string of the molecule is COC(C(=O)Nc1ccc2cn[nH]c2c1)c1ccccc1.